The van der Waals surface area contributed by atoms with E-state index in [0.29, 0.717) is 170 Å². The Labute approximate surface area is 259 Å². The third-order valence-electron chi connectivity index (χ3n) is 6.15. The van der Waals surface area contributed by atoms with Crippen LogP contribution in [0.3, 0.4) is 0 Å². The van der Waals surface area contributed by atoms with Crippen LogP contribution in [0.25, 0.3) is 0 Å². The van der Waals surface area contributed by atoms with Crippen LogP contribution in [-0.2, 0) is 47.4 Å². The van der Waals surface area contributed by atoms with Crippen LogP contribution in [-0.4, -0.2) is 173 Å². The molecule has 3 rings (SSSR count). The van der Waals surface area contributed by atoms with Crippen molar-refractivity contribution in [2.24, 2.45) is 0 Å². The maximum Gasteiger partial charge on any atom is 0.231 e. The minimum atomic E-state index is 0.0932. The maximum atomic E-state index is 6.42. The van der Waals surface area contributed by atoms with Crippen LogP contribution >= 0.6 is 11.6 Å². The van der Waals surface area contributed by atoms with E-state index in [0.717, 1.165) is 0 Å². The van der Waals surface area contributed by atoms with E-state index in [9.17, 15) is 0 Å². The van der Waals surface area contributed by atoms with Crippen molar-refractivity contribution >= 4 is 23.5 Å². The first kappa shape index (κ1) is 36.0. The molecule has 0 amide bonds. The molecule has 0 radical (unpaired) electrons. The quantitative estimate of drug-likeness (QED) is 0.440. The highest BCUT2D eigenvalue weighted by Crippen LogP contribution is 2.17. The molecule has 0 unspecified atom stereocenters. The van der Waals surface area contributed by atoms with Crippen LogP contribution in [0.4, 0.5) is 11.9 Å². The molecule has 0 bridgehead atoms. The van der Waals surface area contributed by atoms with Crippen molar-refractivity contribution in [2.45, 2.75) is 0 Å². The number of rotatable bonds is 2. The lowest BCUT2D eigenvalue weighted by atomic mass is 10.5. The standard InChI is InChI=1S/C27H48ClN5O10/c28-25-29-26(32-1-5-34-9-13-38-17-21-42-22-18-39-14-10-35-6-2-32)31-27(30-25)33-3-7-36-11-15-40-19-23-43-24-20-41-16-12-37-8-4-33/h1-24H2. The van der Waals surface area contributed by atoms with Gasteiger partial charge in [0.05, 0.1) is 132 Å². The van der Waals surface area contributed by atoms with Crippen LogP contribution in [0.15, 0.2) is 0 Å². The SMILES string of the molecule is Clc1nc(N2CCOCCOCCOCCOCCOCC2)nc(N2CCOCCOCCOCCOCCOCC2)n1. The van der Waals surface area contributed by atoms with Gasteiger partial charge in [-0.15, -0.1) is 0 Å². The minimum absolute atomic E-state index is 0.0932. The van der Waals surface area contributed by atoms with Gasteiger partial charge in [-0.05, 0) is 11.6 Å². The molecule has 0 atom stereocenters. The molecule has 2 saturated heterocycles. The molecule has 248 valence electrons. The van der Waals surface area contributed by atoms with E-state index in [4.69, 9.17) is 64.0 Å². The largest absolute Gasteiger partial charge is 0.377 e. The average Bonchev–Trinajstić information content (AvgIpc) is 3.00. The molecule has 2 aliphatic rings. The number of nitrogens with zero attached hydrogens (tertiary/aromatic N) is 5. The first-order valence-corrected chi connectivity index (χ1v) is 15.4. The lowest BCUT2D eigenvalue weighted by Crippen LogP contribution is -2.36. The minimum Gasteiger partial charge on any atom is -0.377 e. The molecule has 0 N–H and O–H groups in total. The van der Waals surface area contributed by atoms with Crippen LogP contribution < -0.4 is 9.80 Å². The Morgan fingerprint density at radius 3 is 0.767 bits per heavy atom. The Balaban J connectivity index is 1.62. The second-order valence-corrected chi connectivity index (χ2v) is 9.64. The third-order valence-corrected chi connectivity index (χ3v) is 6.32. The summed E-state index contributed by atoms with van der Waals surface area (Å²) in [6.07, 6.45) is 0. The summed E-state index contributed by atoms with van der Waals surface area (Å²) < 4.78 is 56.3. The average molecular weight is 638 g/mol. The van der Waals surface area contributed by atoms with Gasteiger partial charge in [0.2, 0.25) is 17.2 Å². The lowest BCUT2D eigenvalue weighted by Gasteiger charge is -2.26. The number of ether oxygens (including phenoxy) is 10. The van der Waals surface area contributed by atoms with Gasteiger partial charge >= 0.3 is 0 Å². The van der Waals surface area contributed by atoms with Gasteiger partial charge in [0.25, 0.3) is 0 Å². The predicted molar refractivity (Wildman–Crippen MR) is 157 cm³/mol. The first-order chi connectivity index (χ1) is 21.3. The maximum absolute atomic E-state index is 6.42. The second-order valence-electron chi connectivity index (χ2n) is 9.30. The van der Waals surface area contributed by atoms with Gasteiger partial charge < -0.3 is 57.2 Å². The van der Waals surface area contributed by atoms with Crippen LogP contribution in [0.5, 0.6) is 0 Å². The molecule has 0 aliphatic carbocycles. The third kappa shape index (κ3) is 17.5. The normalized spacial score (nSPS) is 22.5. The zero-order valence-electron chi connectivity index (χ0n) is 25.2. The Kier molecular flexibility index (Phi) is 20.7. The Morgan fingerprint density at radius 2 is 0.535 bits per heavy atom. The topological polar surface area (TPSA) is 137 Å². The number of anilines is 2. The van der Waals surface area contributed by atoms with Crippen molar-refractivity contribution in [3.63, 3.8) is 0 Å². The highest BCUT2D eigenvalue weighted by atomic mass is 35.5. The monoisotopic (exact) mass is 637 g/mol. The Morgan fingerprint density at radius 1 is 0.326 bits per heavy atom. The van der Waals surface area contributed by atoms with Crippen LogP contribution in [0, 0.1) is 0 Å². The van der Waals surface area contributed by atoms with Crippen molar-refractivity contribution in [3.05, 3.63) is 5.28 Å². The van der Waals surface area contributed by atoms with E-state index >= 15 is 0 Å². The smallest absolute Gasteiger partial charge is 0.231 e. The van der Waals surface area contributed by atoms with E-state index in [2.05, 4.69) is 9.97 Å². The van der Waals surface area contributed by atoms with Crippen molar-refractivity contribution in [1.29, 1.82) is 0 Å². The zero-order chi connectivity index (χ0) is 30.0. The summed E-state index contributed by atoms with van der Waals surface area (Å²) in [4.78, 5) is 17.6. The van der Waals surface area contributed by atoms with Crippen molar-refractivity contribution in [3.8, 4) is 0 Å². The van der Waals surface area contributed by atoms with E-state index in [1.807, 2.05) is 9.80 Å². The molecule has 15 nitrogen and oxygen atoms in total. The Bertz CT molecular complexity index is 725. The van der Waals surface area contributed by atoms with Gasteiger partial charge in [0, 0.05) is 26.2 Å². The van der Waals surface area contributed by atoms with Gasteiger partial charge in [0.1, 0.15) is 0 Å². The first-order valence-electron chi connectivity index (χ1n) is 15.0. The van der Waals surface area contributed by atoms with E-state index in [1.165, 1.54) is 0 Å². The lowest BCUT2D eigenvalue weighted by molar-refractivity contribution is -0.0117. The zero-order valence-corrected chi connectivity index (χ0v) is 25.9. The molecular weight excluding hydrogens is 590 g/mol. The molecule has 1 aromatic rings. The number of aromatic nitrogens is 3. The number of hydrogen-bond acceptors (Lipinski definition) is 15. The molecule has 2 fully saturated rings. The number of halogens is 1. The van der Waals surface area contributed by atoms with Crippen molar-refractivity contribution in [2.75, 3.05) is 168 Å². The van der Waals surface area contributed by atoms with Gasteiger partial charge in [-0.2, -0.15) is 15.0 Å². The molecule has 43 heavy (non-hydrogen) atoms. The molecule has 2 aliphatic heterocycles. The molecule has 0 spiro atoms. The van der Waals surface area contributed by atoms with Gasteiger partial charge in [0.15, 0.2) is 0 Å². The number of hydrogen-bond donors (Lipinski definition) is 0. The fourth-order valence-electron chi connectivity index (χ4n) is 3.90. The molecule has 3 heterocycles. The fourth-order valence-corrected chi connectivity index (χ4v) is 4.05. The van der Waals surface area contributed by atoms with Crippen LogP contribution in [0.1, 0.15) is 0 Å². The highest BCUT2D eigenvalue weighted by Gasteiger charge is 2.18. The van der Waals surface area contributed by atoms with Crippen LogP contribution in [0.2, 0.25) is 5.28 Å². The summed E-state index contributed by atoms with van der Waals surface area (Å²) in [5, 5.41) is 0.0932. The summed E-state index contributed by atoms with van der Waals surface area (Å²) in [6.45, 7) is 11.8. The summed E-state index contributed by atoms with van der Waals surface area (Å²) in [5.41, 5.74) is 0. The van der Waals surface area contributed by atoms with Gasteiger partial charge in [-0.25, -0.2) is 0 Å². The van der Waals surface area contributed by atoms with Gasteiger partial charge in [-0.1, -0.05) is 0 Å². The molecule has 0 saturated carbocycles. The molecule has 16 heteroatoms. The van der Waals surface area contributed by atoms with E-state index < -0.39 is 0 Å². The van der Waals surface area contributed by atoms with E-state index in [-0.39, 0.29) is 5.28 Å². The second kappa shape index (κ2) is 24.8. The van der Waals surface area contributed by atoms with E-state index in [1.54, 1.807) is 0 Å². The van der Waals surface area contributed by atoms with Crippen molar-refractivity contribution in [1.82, 2.24) is 15.0 Å². The molecule has 1 aromatic heterocycles. The summed E-state index contributed by atoms with van der Waals surface area (Å²) in [7, 11) is 0. The predicted octanol–water partition coefficient (Wildman–Crippen LogP) is 0.331. The molecular formula is C27H48ClN5O10. The Hall–Kier alpha value is -1.50. The molecule has 0 aromatic carbocycles. The summed E-state index contributed by atoms with van der Waals surface area (Å²) in [5.74, 6) is 0.873. The van der Waals surface area contributed by atoms with Crippen molar-refractivity contribution < 1.29 is 47.4 Å². The summed E-state index contributed by atoms with van der Waals surface area (Å²) >= 11 is 6.42. The fraction of sp³-hybridized carbons (Fsp3) is 0.889. The summed E-state index contributed by atoms with van der Waals surface area (Å²) in [6, 6.07) is 0. The highest BCUT2D eigenvalue weighted by molar-refractivity contribution is 6.28. The van der Waals surface area contributed by atoms with Gasteiger partial charge in [-0.3, -0.25) is 0 Å².